The molecule has 0 bridgehead atoms. The first-order valence-electron chi connectivity index (χ1n) is 6.72. The van der Waals surface area contributed by atoms with Crippen LogP contribution in [0.2, 0.25) is 0 Å². The maximum Gasteiger partial charge on any atom is 0.0134 e. The highest BCUT2D eigenvalue weighted by Crippen LogP contribution is 2.38. The van der Waals surface area contributed by atoms with Gasteiger partial charge in [-0.05, 0) is 18.1 Å². The Hall–Kier alpha value is 0.350. The molecule has 1 heteroatoms. The van der Waals surface area contributed by atoms with Crippen LogP contribution in [0.5, 0.6) is 0 Å². The number of unbranched alkanes of at least 4 members (excludes halogenated alkanes) is 3. The summed E-state index contributed by atoms with van der Waals surface area (Å²) in [5.74, 6) is 0. The van der Waals surface area contributed by atoms with Crippen LogP contribution >= 0.6 is 11.8 Å². The second-order valence-electron chi connectivity index (χ2n) is 5.18. The first-order chi connectivity index (χ1) is 7.04. The van der Waals surface area contributed by atoms with E-state index in [9.17, 15) is 0 Å². The van der Waals surface area contributed by atoms with E-state index in [2.05, 4.69) is 46.4 Å². The lowest BCUT2D eigenvalue weighted by Gasteiger charge is -2.31. The Morgan fingerprint density at radius 1 is 0.933 bits per heavy atom. The molecule has 0 radical (unpaired) electrons. The zero-order valence-corrected chi connectivity index (χ0v) is 12.3. The van der Waals surface area contributed by atoms with E-state index in [0.717, 1.165) is 5.25 Å². The van der Waals surface area contributed by atoms with Crippen LogP contribution in [0, 0.1) is 0 Å². The number of thioether (sulfide) groups is 1. The van der Waals surface area contributed by atoms with Crippen molar-refractivity contribution in [1.82, 2.24) is 0 Å². The molecule has 0 aromatic heterocycles. The largest absolute Gasteiger partial charge is 0.153 e. The Kier molecular flexibility index (Phi) is 8.69. The Morgan fingerprint density at radius 2 is 1.47 bits per heavy atom. The molecular formula is C14H30S. The van der Waals surface area contributed by atoms with E-state index in [4.69, 9.17) is 0 Å². The number of hydrogen-bond donors (Lipinski definition) is 0. The summed E-state index contributed by atoms with van der Waals surface area (Å²) < 4.78 is 0.541. The number of hydrogen-bond acceptors (Lipinski definition) is 1. The minimum atomic E-state index is 0.541. The molecule has 0 heterocycles. The predicted molar refractivity (Wildman–Crippen MR) is 74.8 cm³/mol. The van der Waals surface area contributed by atoms with Crippen molar-refractivity contribution in [3.05, 3.63) is 0 Å². The minimum Gasteiger partial charge on any atom is -0.153 e. The molecule has 0 N–H and O–H groups in total. The standard InChI is InChI=1S/C14H30S/c1-6-8-10-12-14(5,11-9-7-2)15-13(3)4/h13H,6-12H2,1-5H3. The van der Waals surface area contributed by atoms with Gasteiger partial charge in [0.15, 0.2) is 0 Å². The Labute approximate surface area is 102 Å². The van der Waals surface area contributed by atoms with E-state index in [1.54, 1.807) is 0 Å². The van der Waals surface area contributed by atoms with Crippen LogP contribution in [0.3, 0.4) is 0 Å². The molecule has 0 spiro atoms. The molecule has 0 aliphatic rings. The summed E-state index contributed by atoms with van der Waals surface area (Å²) in [5.41, 5.74) is 0. The van der Waals surface area contributed by atoms with E-state index in [1.165, 1.54) is 44.9 Å². The van der Waals surface area contributed by atoms with Crippen molar-refractivity contribution in [2.24, 2.45) is 0 Å². The van der Waals surface area contributed by atoms with Gasteiger partial charge in [-0.3, -0.25) is 0 Å². The van der Waals surface area contributed by atoms with Crippen molar-refractivity contribution >= 4 is 11.8 Å². The summed E-state index contributed by atoms with van der Waals surface area (Å²) in [4.78, 5) is 0. The summed E-state index contributed by atoms with van der Waals surface area (Å²) >= 11 is 2.19. The summed E-state index contributed by atoms with van der Waals surface area (Å²) in [6, 6.07) is 0. The van der Waals surface area contributed by atoms with Gasteiger partial charge in [-0.25, -0.2) is 0 Å². The summed E-state index contributed by atoms with van der Waals surface area (Å²) in [7, 11) is 0. The fraction of sp³-hybridized carbons (Fsp3) is 1.00. The minimum absolute atomic E-state index is 0.541. The Bertz CT molecular complexity index is 142. The molecule has 0 fully saturated rings. The molecule has 1 unspecified atom stereocenters. The van der Waals surface area contributed by atoms with Gasteiger partial charge in [0.05, 0.1) is 0 Å². The summed E-state index contributed by atoms with van der Waals surface area (Å²) in [6.45, 7) is 11.7. The van der Waals surface area contributed by atoms with Gasteiger partial charge in [0.2, 0.25) is 0 Å². The van der Waals surface area contributed by atoms with Crippen LogP contribution in [0.4, 0.5) is 0 Å². The van der Waals surface area contributed by atoms with E-state index in [1.807, 2.05) is 0 Å². The van der Waals surface area contributed by atoms with E-state index in [0.29, 0.717) is 4.75 Å². The van der Waals surface area contributed by atoms with Crippen LogP contribution in [0.25, 0.3) is 0 Å². The monoisotopic (exact) mass is 230 g/mol. The molecule has 0 aliphatic carbocycles. The van der Waals surface area contributed by atoms with Crippen LogP contribution in [-0.4, -0.2) is 10.00 Å². The molecule has 0 saturated carbocycles. The topological polar surface area (TPSA) is 0 Å². The second kappa shape index (κ2) is 8.50. The molecule has 0 amide bonds. The van der Waals surface area contributed by atoms with Crippen LogP contribution in [0.1, 0.15) is 79.6 Å². The van der Waals surface area contributed by atoms with Crippen molar-refractivity contribution < 1.29 is 0 Å². The lowest BCUT2D eigenvalue weighted by atomic mass is 9.96. The highest BCUT2D eigenvalue weighted by molar-refractivity contribution is 8.01. The Morgan fingerprint density at radius 3 is 1.93 bits per heavy atom. The smallest absolute Gasteiger partial charge is 0.0134 e. The normalized spacial score (nSPS) is 15.6. The highest BCUT2D eigenvalue weighted by atomic mass is 32.2. The van der Waals surface area contributed by atoms with Crippen molar-refractivity contribution in [2.45, 2.75) is 89.6 Å². The van der Waals surface area contributed by atoms with Gasteiger partial charge in [0, 0.05) is 4.75 Å². The average molecular weight is 230 g/mol. The zero-order valence-electron chi connectivity index (χ0n) is 11.4. The third kappa shape index (κ3) is 8.19. The van der Waals surface area contributed by atoms with Gasteiger partial charge in [-0.2, -0.15) is 11.8 Å². The molecule has 0 nitrogen and oxygen atoms in total. The molecule has 0 aromatic carbocycles. The molecule has 92 valence electrons. The Balaban J connectivity index is 4.01. The quantitative estimate of drug-likeness (QED) is 0.461. The van der Waals surface area contributed by atoms with Crippen LogP contribution in [-0.2, 0) is 0 Å². The van der Waals surface area contributed by atoms with Gasteiger partial charge < -0.3 is 0 Å². The van der Waals surface area contributed by atoms with Gasteiger partial charge >= 0.3 is 0 Å². The first-order valence-corrected chi connectivity index (χ1v) is 7.60. The molecule has 15 heavy (non-hydrogen) atoms. The van der Waals surface area contributed by atoms with Gasteiger partial charge in [-0.1, -0.05) is 66.7 Å². The molecule has 0 saturated heterocycles. The van der Waals surface area contributed by atoms with Crippen molar-refractivity contribution in [3.63, 3.8) is 0 Å². The lowest BCUT2D eigenvalue weighted by molar-refractivity contribution is 0.488. The van der Waals surface area contributed by atoms with E-state index >= 15 is 0 Å². The SMILES string of the molecule is CCCCCC(C)(CCCC)SC(C)C. The van der Waals surface area contributed by atoms with Crippen LogP contribution in [0.15, 0.2) is 0 Å². The van der Waals surface area contributed by atoms with Gasteiger partial charge in [0.25, 0.3) is 0 Å². The number of rotatable bonds is 9. The second-order valence-corrected chi connectivity index (χ2v) is 7.34. The molecule has 0 rings (SSSR count). The summed E-state index contributed by atoms with van der Waals surface area (Å²) in [5, 5.41) is 0.772. The fourth-order valence-corrected chi connectivity index (χ4v) is 3.77. The van der Waals surface area contributed by atoms with Crippen LogP contribution < -0.4 is 0 Å². The van der Waals surface area contributed by atoms with E-state index in [-0.39, 0.29) is 0 Å². The van der Waals surface area contributed by atoms with Gasteiger partial charge in [-0.15, -0.1) is 0 Å². The lowest BCUT2D eigenvalue weighted by Crippen LogP contribution is -2.22. The summed E-state index contributed by atoms with van der Waals surface area (Å²) in [6.07, 6.45) is 9.69. The third-order valence-electron chi connectivity index (χ3n) is 2.89. The fourth-order valence-electron chi connectivity index (χ4n) is 2.11. The molecular weight excluding hydrogens is 200 g/mol. The molecule has 0 aromatic rings. The highest BCUT2D eigenvalue weighted by Gasteiger charge is 2.24. The average Bonchev–Trinajstić information content (AvgIpc) is 2.14. The molecule has 0 aliphatic heterocycles. The molecule has 1 atom stereocenters. The third-order valence-corrected chi connectivity index (χ3v) is 4.34. The van der Waals surface area contributed by atoms with Gasteiger partial charge in [0.1, 0.15) is 0 Å². The predicted octanol–water partition coefficient (Wildman–Crippen LogP) is 5.66. The zero-order chi connectivity index (χ0) is 11.7. The maximum absolute atomic E-state index is 2.48. The maximum atomic E-state index is 2.48. The van der Waals surface area contributed by atoms with E-state index < -0.39 is 0 Å². The van der Waals surface area contributed by atoms with Crippen molar-refractivity contribution in [3.8, 4) is 0 Å². The van der Waals surface area contributed by atoms with Crippen molar-refractivity contribution in [1.29, 1.82) is 0 Å². The van der Waals surface area contributed by atoms with Crippen molar-refractivity contribution in [2.75, 3.05) is 0 Å². The first kappa shape index (κ1) is 15.3.